The summed E-state index contributed by atoms with van der Waals surface area (Å²) in [6.45, 7) is 2.38. The van der Waals surface area contributed by atoms with Gasteiger partial charge in [-0.3, -0.25) is 0 Å². The Kier molecular flexibility index (Phi) is 2.60. The van der Waals surface area contributed by atoms with E-state index in [-0.39, 0.29) is 0 Å². The van der Waals surface area contributed by atoms with Crippen molar-refractivity contribution in [2.45, 2.75) is 19.6 Å². The van der Waals surface area contributed by atoms with Crippen LogP contribution < -0.4 is 0 Å². The molecule has 4 nitrogen and oxygen atoms in total. The molecule has 0 spiro atoms. The van der Waals surface area contributed by atoms with Crippen molar-refractivity contribution in [3.8, 4) is 0 Å². The van der Waals surface area contributed by atoms with Gasteiger partial charge in [0.2, 0.25) is 0 Å². The zero-order valence-electron chi connectivity index (χ0n) is 7.79. The molecule has 0 saturated carbocycles. The fraction of sp³-hybridized carbons (Fsp3) is 0.333. The highest BCUT2D eigenvalue weighted by molar-refractivity contribution is 7.07. The average Bonchev–Trinajstić information content (AvgIpc) is 2.75. The van der Waals surface area contributed by atoms with Crippen LogP contribution in [0.4, 0.5) is 0 Å². The first kappa shape index (κ1) is 9.36. The Morgan fingerprint density at radius 2 is 2.50 bits per heavy atom. The lowest BCUT2D eigenvalue weighted by Gasteiger charge is -2.06. The zero-order chi connectivity index (χ0) is 9.97. The second-order valence-corrected chi connectivity index (χ2v) is 3.90. The van der Waals surface area contributed by atoms with Gasteiger partial charge >= 0.3 is 0 Å². The number of nitrogens with zero attached hydrogens (tertiary/aromatic N) is 3. The van der Waals surface area contributed by atoms with E-state index in [0.717, 1.165) is 5.69 Å². The molecule has 2 rings (SSSR count). The smallest absolute Gasteiger partial charge is 0.0945 e. The van der Waals surface area contributed by atoms with Crippen LogP contribution in [0.5, 0.6) is 0 Å². The van der Waals surface area contributed by atoms with Gasteiger partial charge in [0.1, 0.15) is 0 Å². The maximum atomic E-state index is 9.42. The van der Waals surface area contributed by atoms with Crippen molar-refractivity contribution in [2.24, 2.45) is 0 Å². The maximum absolute atomic E-state index is 9.42. The lowest BCUT2D eigenvalue weighted by molar-refractivity contribution is 0.188. The third-order valence-electron chi connectivity index (χ3n) is 1.99. The number of aromatic nitrogens is 3. The number of rotatable bonds is 3. The molecule has 14 heavy (non-hydrogen) atoms. The van der Waals surface area contributed by atoms with Gasteiger partial charge in [0.05, 0.1) is 24.5 Å². The molecular weight excluding hydrogens is 198 g/mol. The summed E-state index contributed by atoms with van der Waals surface area (Å²) in [5.74, 6) is 0. The number of hydrogen-bond donors (Lipinski definition) is 1. The molecule has 0 bridgehead atoms. The van der Waals surface area contributed by atoms with Crippen LogP contribution in [0.3, 0.4) is 0 Å². The third-order valence-corrected chi connectivity index (χ3v) is 2.72. The maximum Gasteiger partial charge on any atom is 0.0945 e. The molecule has 0 amide bonds. The quantitative estimate of drug-likeness (QED) is 0.832. The standard InChI is InChI=1S/C9H11N3OS/c1-7(13)9-4-10-11-12(9)5-8-2-3-14-6-8/h2-4,6-7,13H,5H2,1H3/t7-/m0/s1. The summed E-state index contributed by atoms with van der Waals surface area (Å²) in [6, 6.07) is 2.04. The monoisotopic (exact) mass is 209 g/mol. The summed E-state index contributed by atoms with van der Waals surface area (Å²) in [5, 5.41) is 21.2. The molecule has 1 N–H and O–H groups in total. The van der Waals surface area contributed by atoms with Crippen molar-refractivity contribution >= 4 is 11.3 Å². The van der Waals surface area contributed by atoms with Gasteiger partial charge < -0.3 is 5.11 Å². The molecule has 5 heteroatoms. The molecule has 0 saturated heterocycles. The fourth-order valence-corrected chi connectivity index (χ4v) is 1.93. The average molecular weight is 209 g/mol. The largest absolute Gasteiger partial charge is 0.387 e. The molecule has 2 aromatic heterocycles. The number of aliphatic hydroxyl groups excluding tert-OH is 1. The minimum atomic E-state index is -0.524. The first-order chi connectivity index (χ1) is 6.77. The van der Waals surface area contributed by atoms with Crippen LogP contribution in [-0.2, 0) is 6.54 Å². The van der Waals surface area contributed by atoms with Crippen LogP contribution >= 0.6 is 11.3 Å². The fourth-order valence-electron chi connectivity index (χ4n) is 1.27. The molecule has 0 aromatic carbocycles. The predicted octanol–water partition coefficient (Wildman–Crippen LogP) is 1.44. The Morgan fingerprint density at radius 1 is 1.64 bits per heavy atom. The second kappa shape index (κ2) is 3.89. The van der Waals surface area contributed by atoms with Crippen LogP contribution in [0.25, 0.3) is 0 Å². The number of hydrogen-bond acceptors (Lipinski definition) is 4. The summed E-state index contributed by atoms with van der Waals surface area (Å²) in [6.07, 6.45) is 1.07. The SMILES string of the molecule is C[C@H](O)c1cnnn1Cc1ccsc1. The van der Waals surface area contributed by atoms with E-state index in [0.29, 0.717) is 6.54 Å². The summed E-state index contributed by atoms with van der Waals surface area (Å²) in [4.78, 5) is 0. The predicted molar refractivity (Wildman–Crippen MR) is 54.1 cm³/mol. The molecule has 1 atom stereocenters. The molecule has 2 aromatic rings. The molecule has 2 heterocycles. The van der Waals surface area contributed by atoms with Crippen molar-refractivity contribution in [3.05, 3.63) is 34.3 Å². The first-order valence-corrected chi connectivity index (χ1v) is 5.29. The molecule has 0 fully saturated rings. The second-order valence-electron chi connectivity index (χ2n) is 3.12. The summed E-state index contributed by atoms with van der Waals surface area (Å²) in [7, 11) is 0. The summed E-state index contributed by atoms with van der Waals surface area (Å²) >= 11 is 1.65. The van der Waals surface area contributed by atoms with Crippen LogP contribution in [0.15, 0.2) is 23.0 Å². The highest BCUT2D eigenvalue weighted by Crippen LogP contribution is 2.13. The highest BCUT2D eigenvalue weighted by atomic mass is 32.1. The third kappa shape index (κ3) is 1.83. The van der Waals surface area contributed by atoms with Gasteiger partial charge in [0.15, 0.2) is 0 Å². The minimum Gasteiger partial charge on any atom is -0.387 e. The summed E-state index contributed by atoms with van der Waals surface area (Å²) in [5.41, 5.74) is 1.93. The molecule has 0 unspecified atom stereocenters. The number of thiophene rings is 1. The molecule has 74 valence electrons. The van der Waals surface area contributed by atoms with Crippen LogP contribution in [0.2, 0.25) is 0 Å². The Morgan fingerprint density at radius 3 is 3.14 bits per heavy atom. The van der Waals surface area contributed by atoms with Crippen molar-refractivity contribution in [2.75, 3.05) is 0 Å². The molecular formula is C9H11N3OS. The van der Waals surface area contributed by atoms with E-state index >= 15 is 0 Å². The van der Waals surface area contributed by atoms with Crippen LogP contribution in [0, 0.1) is 0 Å². The van der Waals surface area contributed by atoms with Crippen molar-refractivity contribution in [1.82, 2.24) is 15.0 Å². The van der Waals surface area contributed by atoms with Gasteiger partial charge in [-0.2, -0.15) is 11.3 Å². The Bertz CT molecular complexity index is 394. The minimum absolute atomic E-state index is 0.524. The Labute approximate surface area is 85.8 Å². The summed E-state index contributed by atoms with van der Waals surface area (Å²) < 4.78 is 1.72. The van der Waals surface area contributed by atoms with Crippen molar-refractivity contribution < 1.29 is 5.11 Å². The molecule has 0 radical (unpaired) electrons. The van der Waals surface area contributed by atoms with Crippen molar-refractivity contribution in [1.29, 1.82) is 0 Å². The first-order valence-electron chi connectivity index (χ1n) is 4.35. The van der Waals surface area contributed by atoms with E-state index in [4.69, 9.17) is 0 Å². The Hall–Kier alpha value is -1.20. The van der Waals surface area contributed by atoms with E-state index in [1.807, 2.05) is 11.4 Å². The normalized spacial score (nSPS) is 13.0. The van der Waals surface area contributed by atoms with E-state index in [1.165, 1.54) is 5.56 Å². The Balaban J connectivity index is 2.21. The zero-order valence-corrected chi connectivity index (χ0v) is 8.61. The lowest BCUT2D eigenvalue weighted by Crippen LogP contribution is -2.07. The van der Waals surface area contributed by atoms with Gasteiger partial charge in [0, 0.05) is 0 Å². The van der Waals surface area contributed by atoms with Gasteiger partial charge in [-0.1, -0.05) is 5.21 Å². The molecule has 0 aliphatic carbocycles. The molecule has 0 aliphatic rings. The topological polar surface area (TPSA) is 50.9 Å². The molecule has 0 aliphatic heterocycles. The van der Waals surface area contributed by atoms with E-state index in [9.17, 15) is 5.11 Å². The van der Waals surface area contributed by atoms with Gasteiger partial charge in [-0.25, -0.2) is 4.68 Å². The van der Waals surface area contributed by atoms with Crippen LogP contribution in [0.1, 0.15) is 24.3 Å². The van der Waals surface area contributed by atoms with Crippen molar-refractivity contribution in [3.63, 3.8) is 0 Å². The highest BCUT2D eigenvalue weighted by Gasteiger charge is 2.09. The van der Waals surface area contributed by atoms with E-state index in [1.54, 1.807) is 29.1 Å². The van der Waals surface area contributed by atoms with E-state index < -0.39 is 6.10 Å². The van der Waals surface area contributed by atoms with Crippen LogP contribution in [-0.4, -0.2) is 20.1 Å². The number of aliphatic hydroxyl groups is 1. The van der Waals surface area contributed by atoms with Gasteiger partial charge in [0.25, 0.3) is 0 Å². The lowest BCUT2D eigenvalue weighted by atomic mass is 10.3. The van der Waals surface area contributed by atoms with Gasteiger partial charge in [-0.05, 0) is 29.3 Å². The van der Waals surface area contributed by atoms with E-state index in [2.05, 4.69) is 15.7 Å². The van der Waals surface area contributed by atoms with Gasteiger partial charge in [-0.15, -0.1) is 5.10 Å².